The molecule has 0 heterocycles. The van der Waals surface area contributed by atoms with Gasteiger partial charge in [-0.05, 0) is 26.9 Å². The van der Waals surface area contributed by atoms with E-state index < -0.39 is 0 Å². The van der Waals surface area contributed by atoms with Crippen molar-refractivity contribution in [1.29, 1.82) is 0 Å². The Morgan fingerprint density at radius 2 is 1.89 bits per heavy atom. The van der Waals surface area contributed by atoms with Gasteiger partial charge in [-0.25, -0.2) is 0 Å². The van der Waals surface area contributed by atoms with E-state index in [4.69, 9.17) is 5.73 Å². The Bertz CT molecular complexity index is 79.0. The van der Waals surface area contributed by atoms with Gasteiger partial charge in [0.25, 0.3) is 0 Å². The SMILES string of the molecule is CCN(C)C(C)(N)CC. The van der Waals surface area contributed by atoms with E-state index in [1.807, 2.05) is 7.05 Å². The van der Waals surface area contributed by atoms with Crippen LogP contribution in [-0.4, -0.2) is 24.2 Å². The lowest BCUT2D eigenvalue weighted by Crippen LogP contribution is -2.50. The Labute approximate surface area is 58.0 Å². The third-order valence-electron chi connectivity index (χ3n) is 2.06. The lowest BCUT2D eigenvalue weighted by atomic mass is 10.1. The van der Waals surface area contributed by atoms with Crippen molar-refractivity contribution in [2.24, 2.45) is 5.73 Å². The molecule has 56 valence electrons. The van der Waals surface area contributed by atoms with Gasteiger partial charge in [-0.3, -0.25) is 4.90 Å². The van der Waals surface area contributed by atoms with Gasteiger partial charge in [-0.2, -0.15) is 0 Å². The molecule has 0 bridgehead atoms. The highest BCUT2D eigenvalue weighted by molar-refractivity contribution is 4.73. The molecule has 0 fully saturated rings. The van der Waals surface area contributed by atoms with E-state index >= 15 is 0 Å². The van der Waals surface area contributed by atoms with Crippen LogP contribution in [0, 0.1) is 0 Å². The molecular weight excluding hydrogens is 112 g/mol. The first-order chi connectivity index (χ1) is 4.04. The highest BCUT2D eigenvalue weighted by atomic mass is 15.2. The predicted octanol–water partition coefficient (Wildman–Crippen LogP) is 1.02. The maximum absolute atomic E-state index is 5.90. The van der Waals surface area contributed by atoms with Crippen molar-refractivity contribution in [3.8, 4) is 0 Å². The van der Waals surface area contributed by atoms with Crippen LogP contribution in [0.2, 0.25) is 0 Å². The molecule has 0 amide bonds. The Morgan fingerprint density at radius 1 is 1.44 bits per heavy atom. The lowest BCUT2D eigenvalue weighted by Gasteiger charge is -2.33. The highest BCUT2D eigenvalue weighted by Crippen LogP contribution is 2.08. The van der Waals surface area contributed by atoms with Gasteiger partial charge >= 0.3 is 0 Å². The summed E-state index contributed by atoms with van der Waals surface area (Å²) < 4.78 is 0. The molecular formula is C7H18N2. The van der Waals surface area contributed by atoms with Crippen LogP contribution in [0.5, 0.6) is 0 Å². The largest absolute Gasteiger partial charge is 0.313 e. The maximum Gasteiger partial charge on any atom is 0.0652 e. The summed E-state index contributed by atoms with van der Waals surface area (Å²) in [5.41, 5.74) is 5.78. The fourth-order valence-electron chi connectivity index (χ4n) is 0.631. The molecule has 2 nitrogen and oxygen atoms in total. The molecule has 1 unspecified atom stereocenters. The zero-order valence-electron chi connectivity index (χ0n) is 6.94. The van der Waals surface area contributed by atoms with Crippen LogP contribution < -0.4 is 5.73 Å². The Balaban J connectivity index is 3.80. The topological polar surface area (TPSA) is 29.3 Å². The number of hydrogen-bond donors (Lipinski definition) is 1. The molecule has 2 N–H and O–H groups in total. The molecule has 9 heavy (non-hydrogen) atoms. The second-order valence-corrected chi connectivity index (χ2v) is 2.72. The van der Waals surface area contributed by atoms with Gasteiger partial charge in [0.05, 0.1) is 5.66 Å². The van der Waals surface area contributed by atoms with Gasteiger partial charge in [0.1, 0.15) is 0 Å². The Hall–Kier alpha value is -0.0800. The summed E-state index contributed by atoms with van der Waals surface area (Å²) >= 11 is 0. The molecule has 0 spiro atoms. The molecule has 0 aromatic heterocycles. The van der Waals surface area contributed by atoms with Crippen molar-refractivity contribution in [1.82, 2.24) is 4.90 Å². The van der Waals surface area contributed by atoms with Crippen molar-refractivity contribution in [2.75, 3.05) is 13.6 Å². The van der Waals surface area contributed by atoms with Crippen molar-refractivity contribution in [2.45, 2.75) is 32.9 Å². The number of nitrogens with two attached hydrogens (primary N) is 1. The van der Waals surface area contributed by atoms with E-state index in [2.05, 4.69) is 25.7 Å². The van der Waals surface area contributed by atoms with E-state index in [9.17, 15) is 0 Å². The molecule has 0 radical (unpaired) electrons. The van der Waals surface area contributed by atoms with E-state index in [0.29, 0.717) is 0 Å². The molecule has 2 heteroatoms. The van der Waals surface area contributed by atoms with Crippen molar-refractivity contribution >= 4 is 0 Å². The monoisotopic (exact) mass is 130 g/mol. The molecule has 0 aromatic carbocycles. The summed E-state index contributed by atoms with van der Waals surface area (Å²) in [6.07, 6.45) is 0.997. The second kappa shape index (κ2) is 3.18. The minimum absolute atomic E-state index is 0.116. The first-order valence-electron chi connectivity index (χ1n) is 3.54. The van der Waals surface area contributed by atoms with Crippen LogP contribution >= 0.6 is 0 Å². The number of nitrogens with zero attached hydrogens (tertiary/aromatic N) is 1. The molecule has 0 aromatic rings. The second-order valence-electron chi connectivity index (χ2n) is 2.72. The predicted molar refractivity (Wildman–Crippen MR) is 41.2 cm³/mol. The average molecular weight is 130 g/mol. The Morgan fingerprint density at radius 3 is 2.00 bits per heavy atom. The standard InChI is InChI=1S/C7H18N2/c1-5-7(3,8)9(4)6-2/h5-6,8H2,1-4H3. The molecule has 1 atom stereocenters. The minimum atomic E-state index is -0.116. The van der Waals surface area contributed by atoms with E-state index in [1.165, 1.54) is 0 Å². The fourth-order valence-corrected chi connectivity index (χ4v) is 0.631. The fraction of sp³-hybridized carbons (Fsp3) is 1.00. The first kappa shape index (κ1) is 8.92. The summed E-state index contributed by atoms with van der Waals surface area (Å²) in [4.78, 5) is 2.15. The van der Waals surface area contributed by atoms with E-state index in [0.717, 1.165) is 13.0 Å². The maximum atomic E-state index is 5.90. The summed E-state index contributed by atoms with van der Waals surface area (Å²) in [6, 6.07) is 0. The minimum Gasteiger partial charge on any atom is -0.313 e. The van der Waals surface area contributed by atoms with Gasteiger partial charge in [-0.15, -0.1) is 0 Å². The van der Waals surface area contributed by atoms with Crippen LogP contribution in [0.3, 0.4) is 0 Å². The van der Waals surface area contributed by atoms with Crippen LogP contribution in [0.1, 0.15) is 27.2 Å². The van der Waals surface area contributed by atoms with Crippen LogP contribution in [-0.2, 0) is 0 Å². The van der Waals surface area contributed by atoms with Gasteiger partial charge in [0.2, 0.25) is 0 Å². The molecule has 0 aliphatic rings. The summed E-state index contributed by atoms with van der Waals surface area (Å²) in [5, 5.41) is 0. The molecule has 0 aliphatic heterocycles. The third-order valence-corrected chi connectivity index (χ3v) is 2.06. The zero-order valence-corrected chi connectivity index (χ0v) is 6.94. The van der Waals surface area contributed by atoms with Gasteiger partial charge in [0, 0.05) is 0 Å². The summed E-state index contributed by atoms with van der Waals surface area (Å²) in [5.74, 6) is 0. The van der Waals surface area contributed by atoms with E-state index in [-0.39, 0.29) is 5.66 Å². The van der Waals surface area contributed by atoms with Crippen LogP contribution in [0.25, 0.3) is 0 Å². The molecule has 0 saturated heterocycles. The average Bonchev–Trinajstić information content (AvgIpc) is 1.86. The Kier molecular flexibility index (Phi) is 3.15. The van der Waals surface area contributed by atoms with Crippen molar-refractivity contribution in [3.63, 3.8) is 0 Å². The normalized spacial score (nSPS) is 18.0. The van der Waals surface area contributed by atoms with Gasteiger partial charge < -0.3 is 5.73 Å². The zero-order chi connectivity index (χ0) is 7.49. The van der Waals surface area contributed by atoms with E-state index in [1.54, 1.807) is 0 Å². The molecule has 0 rings (SSSR count). The van der Waals surface area contributed by atoms with Gasteiger partial charge in [0.15, 0.2) is 0 Å². The quantitative estimate of drug-likeness (QED) is 0.578. The third kappa shape index (κ3) is 2.33. The summed E-state index contributed by atoms with van der Waals surface area (Å²) in [6.45, 7) is 7.28. The lowest BCUT2D eigenvalue weighted by molar-refractivity contribution is 0.146. The number of hydrogen-bond acceptors (Lipinski definition) is 2. The first-order valence-corrected chi connectivity index (χ1v) is 3.54. The smallest absolute Gasteiger partial charge is 0.0652 e. The van der Waals surface area contributed by atoms with Crippen molar-refractivity contribution < 1.29 is 0 Å². The highest BCUT2D eigenvalue weighted by Gasteiger charge is 2.19. The molecule has 0 saturated carbocycles. The van der Waals surface area contributed by atoms with Crippen LogP contribution in [0.15, 0.2) is 0 Å². The van der Waals surface area contributed by atoms with Crippen molar-refractivity contribution in [3.05, 3.63) is 0 Å². The van der Waals surface area contributed by atoms with Crippen LogP contribution in [0.4, 0.5) is 0 Å². The molecule has 0 aliphatic carbocycles. The van der Waals surface area contributed by atoms with Gasteiger partial charge in [-0.1, -0.05) is 13.8 Å². The number of rotatable bonds is 3. The summed E-state index contributed by atoms with van der Waals surface area (Å²) in [7, 11) is 2.05.